The lowest BCUT2D eigenvalue weighted by Gasteiger charge is -2.22. The van der Waals surface area contributed by atoms with E-state index in [2.05, 4.69) is 0 Å². The molecule has 136 valence electrons. The van der Waals surface area contributed by atoms with Crippen molar-refractivity contribution in [2.24, 2.45) is 5.14 Å². The average molecular weight is 390 g/mol. The zero-order valence-corrected chi connectivity index (χ0v) is 15.0. The molecule has 0 spiro atoms. The Bertz CT molecular complexity index is 1020. The number of primary sulfonamides is 1. The number of hydrogen-bond acceptors (Lipinski definition) is 5. The van der Waals surface area contributed by atoms with Gasteiger partial charge < -0.3 is 4.90 Å². The Morgan fingerprint density at radius 1 is 1.00 bits per heavy atom. The van der Waals surface area contributed by atoms with Crippen LogP contribution in [0.3, 0.4) is 0 Å². The van der Waals surface area contributed by atoms with E-state index in [4.69, 9.17) is 5.14 Å². The van der Waals surface area contributed by atoms with Crippen LogP contribution >= 0.6 is 0 Å². The van der Waals surface area contributed by atoms with E-state index in [1.165, 1.54) is 23.1 Å². The molecular weight excluding hydrogens is 374 g/mol. The summed E-state index contributed by atoms with van der Waals surface area (Å²) in [6, 6.07) is 6.80. The zero-order valence-electron chi connectivity index (χ0n) is 13.4. The van der Waals surface area contributed by atoms with Crippen LogP contribution in [0.5, 0.6) is 0 Å². The number of hydrogen-bond donors (Lipinski definition) is 1. The number of sulfone groups is 1. The Balaban J connectivity index is 2.48. The van der Waals surface area contributed by atoms with E-state index in [-0.39, 0.29) is 22.0 Å². The molecule has 0 heterocycles. The molecule has 0 radical (unpaired) electrons. The van der Waals surface area contributed by atoms with Crippen LogP contribution in [0, 0.1) is 11.6 Å². The fraction of sp³-hybridized carbons (Fsp3) is 0.200. The molecule has 2 N–H and O–H groups in total. The summed E-state index contributed by atoms with van der Waals surface area (Å²) in [7, 11) is -6.29. The molecule has 0 atom stereocenters. The molecule has 0 amide bonds. The largest absolute Gasteiger partial charge is 0.369 e. The second-order valence-corrected chi connectivity index (χ2v) is 9.10. The number of halogens is 2. The third-order valence-electron chi connectivity index (χ3n) is 3.47. The number of benzene rings is 2. The summed E-state index contributed by atoms with van der Waals surface area (Å²) < 4.78 is 73.2. The molecule has 0 aliphatic heterocycles. The molecule has 0 aromatic heterocycles. The zero-order chi connectivity index (χ0) is 19.0. The van der Waals surface area contributed by atoms with Gasteiger partial charge in [-0.3, -0.25) is 0 Å². The first kappa shape index (κ1) is 19.3. The fourth-order valence-corrected chi connectivity index (χ4v) is 3.84. The molecule has 2 aromatic carbocycles. The highest BCUT2D eigenvalue weighted by Gasteiger charge is 2.20. The number of nitrogens with two attached hydrogens (primary N) is 1. The van der Waals surface area contributed by atoms with Gasteiger partial charge in [-0.2, -0.15) is 0 Å². The van der Waals surface area contributed by atoms with Gasteiger partial charge in [0.25, 0.3) is 0 Å². The van der Waals surface area contributed by atoms with Crippen LogP contribution in [-0.2, 0) is 26.4 Å². The van der Waals surface area contributed by atoms with Gasteiger partial charge in [0, 0.05) is 19.8 Å². The topological polar surface area (TPSA) is 97.5 Å². The van der Waals surface area contributed by atoms with E-state index in [9.17, 15) is 25.6 Å². The van der Waals surface area contributed by atoms with Crippen LogP contribution in [0.2, 0.25) is 0 Å². The monoisotopic (exact) mass is 390 g/mol. The second-order valence-electron chi connectivity index (χ2n) is 5.55. The maximum absolute atomic E-state index is 13.3. The molecule has 0 bridgehead atoms. The maximum atomic E-state index is 13.3. The lowest BCUT2D eigenvalue weighted by atomic mass is 10.2. The van der Waals surface area contributed by atoms with Crippen LogP contribution < -0.4 is 10.0 Å². The van der Waals surface area contributed by atoms with Crippen LogP contribution in [0.1, 0.15) is 5.56 Å². The molecule has 0 saturated carbocycles. The summed E-state index contributed by atoms with van der Waals surface area (Å²) in [6.45, 7) is 0.0778. The number of sulfonamides is 1. The minimum Gasteiger partial charge on any atom is -0.369 e. The summed E-state index contributed by atoms with van der Waals surface area (Å²) in [5, 5.41) is 5.04. The minimum absolute atomic E-state index is 0.0778. The van der Waals surface area contributed by atoms with Gasteiger partial charge in [-0.1, -0.05) is 6.07 Å². The minimum atomic E-state index is -4.07. The summed E-state index contributed by atoms with van der Waals surface area (Å²) in [5.41, 5.74) is 0.621. The van der Waals surface area contributed by atoms with Gasteiger partial charge in [-0.15, -0.1) is 0 Å². The highest BCUT2D eigenvalue weighted by atomic mass is 32.2. The lowest BCUT2D eigenvalue weighted by molar-refractivity contribution is 0.507. The van der Waals surface area contributed by atoms with Gasteiger partial charge >= 0.3 is 0 Å². The summed E-state index contributed by atoms with van der Waals surface area (Å²) in [4.78, 5) is 0.915. The van der Waals surface area contributed by atoms with Gasteiger partial charge in [0.05, 0.1) is 15.5 Å². The second kappa shape index (κ2) is 6.70. The first-order chi connectivity index (χ1) is 11.4. The number of nitrogens with zero attached hydrogens (tertiary/aromatic N) is 1. The molecule has 0 saturated heterocycles. The number of anilines is 1. The van der Waals surface area contributed by atoms with Crippen molar-refractivity contribution in [3.63, 3.8) is 0 Å². The quantitative estimate of drug-likeness (QED) is 0.837. The molecule has 6 nitrogen and oxygen atoms in total. The van der Waals surface area contributed by atoms with E-state index in [0.717, 1.165) is 24.5 Å². The SMILES string of the molecule is CN(Cc1ccc(F)c(F)c1)c1ccc(S(N)(=O)=O)cc1S(C)(=O)=O. The third-order valence-corrected chi connectivity index (χ3v) is 5.51. The van der Waals surface area contributed by atoms with Gasteiger partial charge in [-0.05, 0) is 35.9 Å². The molecule has 0 aliphatic rings. The highest BCUT2D eigenvalue weighted by Crippen LogP contribution is 2.28. The molecule has 10 heteroatoms. The Hall–Kier alpha value is -2.04. The van der Waals surface area contributed by atoms with Gasteiger partial charge in [0.2, 0.25) is 10.0 Å². The van der Waals surface area contributed by atoms with Crippen molar-refractivity contribution < 1.29 is 25.6 Å². The Labute approximate surface area is 144 Å². The first-order valence-corrected chi connectivity index (χ1v) is 10.4. The Morgan fingerprint density at radius 2 is 1.64 bits per heavy atom. The smallest absolute Gasteiger partial charge is 0.238 e. The van der Waals surface area contributed by atoms with Crippen LogP contribution in [0.25, 0.3) is 0 Å². The highest BCUT2D eigenvalue weighted by molar-refractivity contribution is 7.91. The van der Waals surface area contributed by atoms with E-state index < -0.39 is 31.5 Å². The maximum Gasteiger partial charge on any atom is 0.238 e. The van der Waals surface area contributed by atoms with Crippen LogP contribution in [0.15, 0.2) is 46.2 Å². The molecule has 25 heavy (non-hydrogen) atoms. The normalized spacial score (nSPS) is 12.2. The van der Waals surface area contributed by atoms with Gasteiger partial charge in [-0.25, -0.2) is 30.8 Å². The van der Waals surface area contributed by atoms with Crippen LogP contribution in [0.4, 0.5) is 14.5 Å². The van der Waals surface area contributed by atoms with Gasteiger partial charge in [0.15, 0.2) is 21.5 Å². The van der Waals surface area contributed by atoms with Crippen molar-refractivity contribution in [3.8, 4) is 0 Å². The van der Waals surface area contributed by atoms with Crippen molar-refractivity contribution in [3.05, 3.63) is 53.6 Å². The van der Waals surface area contributed by atoms with Crippen molar-refractivity contribution in [1.82, 2.24) is 0 Å². The Morgan fingerprint density at radius 3 is 2.16 bits per heavy atom. The number of rotatable bonds is 5. The molecule has 2 aromatic rings. The molecule has 0 fully saturated rings. The molecule has 0 aliphatic carbocycles. The summed E-state index contributed by atoms with van der Waals surface area (Å²) >= 11 is 0. The summed E-state index contributed by atoms with van der Waals surface area (Å²) in [6.07, 6.45) is 0.935. The third kappa shape index (κ3) is 4.53. The first-order valence-electron chi connectivity index (χ1n) is 6.91. The molecule has 2 rings (SSSR count). The van der Waals surface area contributed by atoms with Crippen molar-refractivity contribution in [1.29, 1.82) is 0 Å². The lowest BCUT2D eigenvalue weighted by Crippen LogP contribution is -2.20. The van der Waals surface area contributed by atoms with E-state index >= 15 is 0 Å². The van der Waals surface area contributed by atoms with E-state index in [1.54, 1.807) is 7.05 Å². The predicted molar refractivity (Wildman–Crippen MR) is 89.4 cm³/mol. The molecule has 0 unspecified atom stereocenters. The van der Waals surface area contributed by atoms with E-state index in [0.29, 0.717) is 5.56 Å². The van der Waals surface area contributed by atoms with Crippen molar-refractivity contribution >= 4 is 25.5 Å². The Kier molecular flexibility index (Phi) is 5.17. The molecular formula is C15H16F2N2O4S2. The van der Waals surface area contributed by atoms with Crippen LogP contribution in [-0.4, -0.2) is 30.1 Å². The predicted octanol–water partition coefficient (Wildman–Crippen LogP) is 1.65. The van der Waals surface area contributed by atoms with E-state index in [1.807, 2.05) is 0 Å². The summed E-state index contributed by atoms with van der Waals surface area (Å²) in [5.74, 6) is -2.00. The standard InChI is InChI=1S/C15H16F2N2O4S2/c1-19(9-10-3-5-12(16)13(17)7-10)14-6-4-11(25(18,22)23)8-15(14)24(2,20)21/h3-8H,9H2,1-2H3,(H2,18,22,23). The van der Waals surface area contributed by atoms with Gasteiger partial charge in [0.1, 0.15) is 0 Å². The van der Waals surface area contributed by atoms with Crippen molar-refractivity contribution in [2.45, 2.75) is 16.3 Å². The van der Waals surface area contributed by atoms with Crippen molar-refractivity contribution in [2.75, 3.05) is 18.2 Å². The average Bonchev–Trinajstić information content (AvgIpc) is 2.48. The fourth-order valence-electron chi connectivity index (χ4n) is 2.28.